The molecule has 0 aliphatic heterocycles. The fraction of sp³-hybridized carbons (Fsp3) is 0.160. The van der Waals surface area contributed by atoms with Crippen LogP contribution >= 0.6 is 0 Å². The average Bonchev–Trinajstić information content (AvgIpc) is 2.87. The molecular formula is C25H24N2O6. The first-order valence-corrected chi connectivity index (χ1v) is 10.1. The van der Waals surface area contributed by atoms with Gasteiger partial charge in [0.05, 0.1) is 26.0 Å². The summed E-state index contributed by atoms with van der Waals surface area (Å²) >= 11 is 0. The van der Waals surface area contributed by atoms with Crippen LogP contribution in [-0.4, -0.2) is 38.9 Å². The molecule has 0 atom stereocenters. The number of hydrogen-bond donors (Lipinski definition) is 1. The van der Waals surface area contributed by atoms with E-state index in [0.29, 0.717) is 35.0 Å². The molecule has 0 aliphatic rings. The Bertz CT molecular complexity index is 1090. The Morgan fingerprint density at radius 2 is 1.58 bits per heavy atom. The number of nitrogens with zero attached hydrogens (tertiary/aromatic N) is 1. The molecule has 1 amide bonds. The van der Waals surface area contributed by atoms with Gasteiger partial charge < -0.3 is 18.9 Å². The van der Waals surface area contributed by atoms with Crippen molar-refractivity contribution >= 4 is 18.1 Å². The SMILES string of the molecule is COC(=O)c1ccc(COc2ccccc2/C=N/NC(=O)COc2ccc(OC)cc2)cc1. The van der Waals surface area contributed by atoms with Gasteiger partial charge in [-0.25, -0.2) is 10.2 Å². The van der Waals surface area contributed by atoms with Crippen molar-refractivity contribution in [3.8, 4) is 17.2 Å². The lowest BCUT2D eigenvalue weighted by Gasteiger charge is -2.09. The van der Waals surface area contributed by atoms with Gasteiger partial charge in [-0.15, -0.1) is 0 Å². The number of ether oxygens (including phenoxy) is 4. The molecule has 0 bridgehead atoms. The number of esters is 1. The molecule has 3 aromatic rings. The molecule has 33 heavy (non-hydrogen) atoms. The lowest BCUT2D eigenvalue weighted by Crippen LogP contribution is -2.24. The molecule has 0 saturated heterocycles. The summed E-state index contributed by atoms with van der Waals surface area (Å²) in [6, 6.07) is 21.2. The van der Waals surface area contributed by atoms with E-state index in [1.807, 2.05) is 18.2 Å². The van der Waals surface area contributed by atoms with E-state index < -0.39 is 5.91 Å². The second-order valence-electron chi connectivity index (χ2n) is 6.77. The zero-order valence-corrected chi connectivity index (χ0v) is 18.3. The Balaban J connectivity index is 1.50. The summed E-state index contributed by atoms with van der Waals surface area (Å²) in [5, 5.41) is 3.98. The smallest absolute Gasteiger partial charge is 0.337 e. The minimum atomic E-state index is -0.397. The third-order valence-corrected chi connectivity index (χ3v) is 4.51. The van der Waals surface area contributed by atoms with Crippen molar-refractivity contribution in [1.82, 2.24) is 5.43 Å². The first kappa shape index (κ1) is 23.3. The third kappa shape index (κ3) is 7.10. The summed E-state index contributed by atoms with van der Waals surface area (Å²) in [6.45, 7) is 0.123. The number of amides is 1. The Labute approximate surface area is 191 Å². The Kier molecular flexibility index (Phi) is 8.41. The lowest BCUT2D eigenvalue weighted by molar-refractivity contribution is -0.123. The monoisotopic (exact) mass is 448 g/mol. The van der Waals surface area contributed by atoms with Crippen LogP contribution in [0.3, 0.4) is 0 Å². The second kappa shape index (κ2) is 11.9. The normalized spacial score (nSPS) is 10.5. The van der Waals surface area contributed by atoms with Gasteiger partial charge in [-0.3, -0.25) is 4.79 Å². The van der Waals surface area contributed by atoms with E-state index in [1.54, 1.807) is 61.7 Å². The summed E-state index contributed by atoms with van der Waals surface area (Å²) in [5.41, 5.74) is 4.48. The zero-order chi connectivity index (χ0) is 23.5. The maximum atomic E-state index is 12.0. The molecule has 170 valence electrons. The summed E-state index contributed by atoms with van der Waals surface area (Å²) < 4.78 is 21.1. The van der Waals surface area contributed by atoms with Crippen LogP contribution in [0.25, 0.3) is 0 Å². The molecule has 0 spiro atoms. The minimum absolute atomic E-state index is 0.177. The number of methoxy groups -OCH3 is 2. The minimum Gasteiger partial charge on any atom is -0.497 e. The maximum Gasteiger partial charge on any atom is 0.337 e. The number of rotatable bonds is 10. The molecule has 3 rings (SSSR count). The molecule has 8 heteroatoms. The molecule has 0 unspecified atom stereocenters. The predicted molar refractivity (Wildman–Crippen MR) is 123 cm³/mol. The van der Waals surface area contributed by atoms with Crippen molar-refractivity contribution in [2.45, 2.75) is 6.61 Å². The number of hydrogen-bond acceptors (Lipinski definition) is 7. The Hall–Kier alpha value is -4.33. The first-order valence-electron chi connectivity index (χ1n) is 10.1. The number of benzene rings is 3. The summed E-state index contributed by atoms with van der Waals surface area (Å²) in [6.07, 6.45) is 1.50. The molecular weight excluding hydrogens is 424 g/mol. The molecule has 0 saturated carbocycles. The summed E-state index contributed by atoms with van der Waals surface area (Å²) in [7, 11) is 2.92. The zero-order valence-electron chi connectivity index (χ0n) is 18.3. The van der Waals surface area contributed by atoms with Crippen molar-refractivity contribution < 1.29 is 28.5 Å². The van der Waals surface area contributed by atoms with Gasteiger partial charge in [0, 0.05) is 5.56 Å². The van der Waals surface area contributed by atoms with E-state index in [-0.39, 0.29) is 12.6 Å². The standard InChI is InChI=1S/C25H24N2O6/c1-30-21-11-13-22(14-12-21)32-17-24(28)27-26-15-20-5-3-4-6-23(20)33-16-18-7-9-19(10-8-18)25(29)31-2/h3-15H,16-17H2,1-2H3,(H,27,28)/b26-15+. The maximum absolute atomic E-state index is 12.0. The quantitative estimate of drug-likeness (QED) is 0.289. The fourth-order valence-corrected chi connectivity index (χ4v) is 2.76. The highest BCUT2D eigenvalue weighted by Gasteiger charge is 2.06. The number of para-hydroxylation sites is 1. The molecule has 0 fully saturated rings. The highest BCUT2D eigenvalue weighted by molar-refractivity contribution is 5.89. The van der Waals surface area contributed by atoms with Gasteiger partial charge in [0.2, 0.25) is 0 Å². The van der Waals surface area contributed by atoms with Gasteiger partial charge in [0.15, 0.2) is 6.61 Å². The number of carbonyl (C=O) groups is 2. The first-order chi connectivity index (χ1) is 16.1. The molecule has 8 nitrogen and oxygen atoms in total. The van der Waals surface area contributed by atoms with E-state index in [1.165, 1.54) is 13.3 Å². The van der Waals surface area contributed by atoms with Gasteiger partial charge in [-0.1, -0.05) is 24.3 Å². The lowest BCUT2D eigenvalue weighted by atomic mass is 10.1. The van der Waals surface area contributed by atoms with Gasteiger partial charge in [-0.05, 0) is 54.1 Å². The van der Waals surface area contributed by atoms with Crippen LogP contribution in [0.15, 0.2) is 77.9 Å². The highest BCUT2D eigenvalue weighted by atomic mass is 16.5. The van der Waals surface area contributed by atoms with Crippen molar-refractivity contribution in [3.05, 3.63) is 89.5 Å². The largest absolute Gasteiger partial charge is 0.497 e. The Morgan fingerprint density at radius 1 is 0.879 bits per heavy atom. The van der Waals surface area contributed by atoms with Crippen LogP contribution in [0.5, 0.6) is 17.2 Å². The van der Waals surface area contributed by atoms with Gasteiger partial charge >= 0.3 is 5.97 Å². The van der Waals surface area contributed by atoms with Crippen LogP contribution < -0.4 is 19.6 Å². The van der Waals surface area contributed by atoms with E-state index in [0.717, 1.165) is 5.56 Å². The topological polar surface area (TPSA) is 95.5 Å². The molecule has 0 heterocycles. The Morgan fingerprint density at radius 3 is 2.27 bits per heavy atom. The van der Waals surface area contributed by atoms with Crippen molar-refractivity contribution in [2.24, 2.45) is 5.10 Å². The summed E-state index contributed by atoms with van der Waals surface area (Å²) in [5.74, 6) is 1.07. The third-order valence-electron chi connectivity index (χ3n) is 4.51. The van der Waals surface area contributed by atoms with Crippen LogP contribution in [0, 0.1) is 0 Å². The molecule has 0 radical (unpaired) electrons. The molecule has 3 aromatic carbocycles. The number of nitrogens with one attached hydrogen (secondary N) is 1. The van der Waals surface area contributed by atoms with Gasteiger partial charge in [0.25, 0.3) is 5.91 Å². The second-order valence-corrected chi connectivity index (χ2v) is 6.77. The molecule has 1 N–H and O–H groups in total. The van der Waals surface area contributed by atoms with Crippen molar-refractivity contribution in [2.75, 3.05) is 20.8 Å². The molecule has 0 aromatic heterocycles. The van der Waals surface area contributed by atoms with E-state index in [2.05, 4.69) is 10.5 Å². The van der Waals surface area contributed by atoms with E-state index >= 15 is 0 Å². The highest BCUT2D eigenvalue weighted by Crippen LogP contribution is 2.18. The average molecular weight is 448 g/mol. The molecule has 0 aliphatic carbocycles. The van der Waals surface area contributed by atoms with Crippen LogP contribution in [0.2, 0.25) is 0 Å². The van der Waals surface area contributed by atoms with Crippen LogP contribution in [0.4, 0.5) is 0 Å². The van der Waals surface area contributed by atoms with Crippen molar-refractivity contribution in [3.63, 3.8) is 0 Å². The van der Waals surface area contributed by atoms with E-state index in [4.69, 9.17) is 18.9 Å². The number of hydrazone groups is 1. The van der Waals surface area contributed by atoms with Crippen LogP contribution in [-0.2, 0) is 16.1 Å². The summed E-state index contributed by atoms with van der Waals surface area (Å²) in [4.78, 5) is 23.5. The predicted octanol–water partition coefficient (Wildman–Crippen LogP) is 3.59. The fourth-order valence-electron chi connectivity index (χ4n) is 2.76. The van der Waals surface area contributed by atoms with Crippen LogP contribution in [0.1, 0.15) is 21.5 Å². The number of carbonyl (C=O) groups excluding carboxylic acids is 2. The van der Waals surface area contributed by atoms with Gasteiger partial charge in [-0.2, -0.15) is 5.10 Å². The van der Waals surface area contributed by atoms with Crippen molar-refractivity contribution in [1.29, 1.82) is 0 Å². The van der Waals surface area contributed by atoms with Gasteiger partial charge in [0.1, 0.15) is 23.9 Å². The van der Waals surface area contributed by atoms with E-state index in [9.17, 15) is 9.59 Å².